The Labute approximate surface area is 175 Å². The zero-order valence-corrected chi connectivity index (χ0v) is 17.3. The molecule has 0 atom stereocenters. The maximum atomic E-state index is 12.2. The molecule has 1 heterocycles. The number of para-hydroxylation sites is 1. The maximum Gasteiger partial charge on any atom is 0.260 e. The minimum absolute atomic E-state index is 0.410. The van der Waals surface area contributed by atoms with E-state index in [0.29, 0.717) is 15.7 Å². The van der Waals surface area contributed by atoms with Crippen molar-refractivity contribution < 1.29 is 4.79 Å². The zero-order chi connectivity index (χ0) is 18.8. The number of rotatable bonds is 4. The Morgan fingerprint density at radius 1 is 1.08 bits per heavy atom. The van der Waals surface area contributed by atoms with Gasteiger partial charge in [0.25, 0.3) is 5.91 Å². The van der Waals surface area contributed by atoms with Crippen LogP contribution in [0.5, 0.6) is 0 Å². The monoisotopic (exact) mass is 444 g/mol. The van der Waals surface area contributed by atoms with Crippen LogP contribution in [0, 0.1) is 0 Å². The summed E-state index contributed by atoms with van der Waals surface area (Å²) in [4.78, 5) is 17.8. The molecule has 2 aromatic carbocycles. The van der Waals surface area contributed by atoms with E-state index in [0.717, 1.165) is 21.0 Å². The van der Waals surface area contributed by atoms with E-state index in [1.165, 1.54) is 16.2 Å². The van der Waals surface area contributed by atoms with Crippen LogP contribution in [-0.4, -0.2) is 22.8 Å². The number of carbonyl (C=O) groups is 1. The number of thiazole rings is 1. The molecule has 0 aliphatic heterocycles. The fraction of sp³-hybridized carbons (Fsp3) is 0.111. The van der Waals surface area contributed by atoms with E-state index in [4.69, 9.17) is 46.4 Å². The molecule has 0 radical (unpaired) electrons. The van der Waals surface area contributed by atoms with E-state index in [1.807, 2.05) is 24.3 Å². The molecule has 0 aliphatic rings. The minimum Gasteiger partial charge on any atom is -0.312 e. The molecule has 0 unspecified atom stereocenters. The summed E-state index contributed by atoms with van der Waals surface area (Å²) in [5.74, 6) is -0.410. The number of alkyl halides is 2. The summed E-state index contributed by atoms with van der Waals surface area (Å²) in [5, 5.41) is 1.84. The topological polar surface area (TPSA) is 33.2 Å². The van der Waals surface area contributed by atoms with Gasteiger partial charge in [0.1, 0.15) is 5.01 Å². The molecule has 3 aromatic rings. The van der Waals surface area contributed by atoms with Crippen molar-refractivity contribution in [2.75, 3.05) is 11.9 Å². The fourth-order valence-electron chi connectivity index (χ4n) is 2.46. The lowest BCUT2D eigenvalue weighted by Gasteiger charge is -2.20. The molecule has 0 saturated carbocycles. The van der Waals surface area contributed by atoms with Crippen LogP contribution in [0.2, 0.25) is 10.0 Å². The van der Waals surface area contributed by atoms with Gasteiger partial charge >= 0.3 is 0 Å². The van der Waals surface area contributed by atoms with Crippen molar-refractivity contribution in [1.29, 1.82) is 0 Å². The Morgan fingerprint density at radius 2 is 1.73 bits per heavy atom. The highest BCUT2D eigenvalue weighted by Gasteiger charge is 2.22. The highest BCUT2D eigenvalue weighted by Crippen LogP contribution is 2.41. The first-order valence-electron chi connectivity index (χ1n) is 7.45. The Balaban J connectivity index is 2.05. The molecule has 26 heavy (non-hydrogen) atoms. The second kappa shape index (κ2) is 8.15. The largest absolute Gasteiger partial charge is 0.312 e. The third kappa shape index (κ3) is 3.85. The van der Waals surface area contributed by atoms with Gasteiger partial charge in [-0.1, -0.05) is 64.6 Å². The minimum atomic E-state index is -1.14. The first-order valence-corrected chi connectivity index (χ1v) is 9.90. The summed E-state index contributed by atoms with van der Waals surface area (Å²) in [6.45, 7) is 0. The third-order valence-corrected chi connectivity index (χ3v) is 5.78. The SMILES string of the molecule is CN(C(=O)C(Cl)Cl)c1ccccc1-c1ncc(-c2c(Cl)cccc2Cl)s1. The molecule has 3 nitrogen and oxygen atoms in total. The Hall–Kier alpha value is -1.30. The van der Waals surface area contributed by atoms with Gasteiger partial charge in [-0.3, -0.25) is 4.79 Å². The summed E-state index contributed by atoms with van der Waals surface area (Å²) in [6, 6.07) is 12.8. The van der Waals surface area contributed by atoms with Gasteiger partial charge in [-0.05, 0) is 24.3 Å². The number of benzene rings is 2. The number of carbonyl (C=O) groups excluding carboxylic acids is 1. The van der Waals surface area contributed by atoms with Gasteiger partial charge in [0, 0.05) is 24.4 Å². The first kappa shape index (κ1) is 19.5. The summed E-state index contributed by atoms with van der Waals surface area (Å²) < 4.78 is 0. The number of amides is 1. The summed E-state index contributed by atoms with van der Waals surface area (Å²) in [6.07, 6.45) is 1.72. The number of halogens is 4. The van der Waals surface area contributed by atoms with Crippen molar-refractivity contribution in [3.8, 4) is 21.0 Å². The van der Waals surface area contributed by atoms with Gasteiger partial charge in [-0.25, -0.2) is 4.98 Å². The number of hydrogen-bond acceptors (Lipinski definition) is 3. The summed E-state index contributed by atoms with van der Waals surface area (Å²) >= 11 is 25.5. The first-order chi connectivity index (χ1) is 12.4. The molecule has 1 amide bonds. The van der Waals surface area contributed by atoms with Crippen LogP contribution in [0.15, 0.2) is 48.7 Å². The summed E-state index contributed by atoms with van der Waals surface area (Å²) in [7, 11) is 1.62. The molecule has 0 saturated heterocycles. The number of anilines is 1. The van der Waals surface area contributed by atoms with Gasteiger partial charge in [0.15, 0.2) is 4.84 Å². The molecule has 0 spiro atoms. The van der Waals surface area contributed by atoms with Crippen LogP contribution in [0.25, 0.3) is 21.0 Å². The smallest absolute Gasteiger partial charge is 0.260 e. The van der Waals surface area contributed by atoms with Gasteiger partial charge < -0.3 is 4.90 Å². The second-order valence-electron chi connectivity index (χ2n) is 5.34. The predicted molar refractivity (Wildman–Crippen MR) is 112 cm³/mol. The average molecular weight is 446 g/mol. The number of aromatic nitrogens is 1. The Kier molecular flexibility index (Phi) is 6.10. The van der Waals surface area contributed by atoms with E-state index in [9.17, 15) is 4.79 Å². The van der Waals surface area contributed by atoms with Crippen LogP contribution in [0.4, 0.5) is 5.69 Å². The van der Waals surface area contributed by atoms with E-state index >= 15 is 0 Å². The maximum absolute atomic E-state index is 12.2. The highest BCUT2D eigenvalue weighted by molar-refractivity contribution is 7.18. The molecule has 3 rings (SSSR count). The van der Waals surface area contributed by atoms with Crippen molar-refractivity contribution in [3.05, 3.63) is 58.7 Å². The number of nitrogens with zero attached hydrogens (tertiary/aromatic N) is 2. The van der Waals surface area contributed by atoms with E-state index in [2.05, 4.69) is 4.98 Å². The standard InChI is InChI=1S/C18H12Cl4N2OS/c1-24(18(25)16(21)22)13-8-3-2-5-10(13)17-23-9-14(26-17)15-11(19)6-4-7-12(15)20/h2-9,16H,1H3. The lowest BCUT2D eigenvalue weighted by molar-refractivity contribution is -0.116. The molecule has 134 valence electrons. The Morgan fingerprint density at radius 3 is 2.38 bits per heavy atom. The number of hydrogen-bond donors (Lipinski definition) is 0. The van der Waals surface area contributed by atoms with Gasteiger partial charge in [-0.2, -0.15) is 0 Å². The molecule has 0 N–H and O–H groups in total. The van der Waals surface area contributed by atoms with Crippen molar-refractivity contribution in [1.82, 2.24) is 4.98 Å². The van der Waals surface area contributed by atoms with Crippen LogP contribution in [-0.2, 0) is 4.79 Å². The predicted octanol–water partition coefficient (Wildman–Crippen LogP) is 6.55. The Bertz CT molecular complexity index is 938. The molecular weight excluding hydrogens is 434 g/mol. The van der Waals surface area contributed by atoms with Crippen LogP contribution >= 0.6 is 57.7 Å². The van der Waals surface area contributed by atoms with Crippen molar-refractivity contribution in [3.63, 3.8) is 0 Å². The van der Waals surface area contributed by atoms with Gasteiger partial charge in [0.2, 0.25) is 0 Å². The van der Waals surface area contributed by atoms with E-state index < -0.39 is 10.7 Å². The third-order valence-electron chi connectivity index (χ3n) is 3.73. The summed E-state index contributed by atoms with van der Waals surface area (Å²) in [5.41, 5.74) is 2.19. The van der Waals surface area contributed by atoms with Gasteiger partial charge in [0.05, 0.1) is 20.6 Å². The van der Waals surface area contributed by atoms with Crippen molar-refractivity contribution >= 4 is 69.3 Å². The average Bonchev–Trinajstić information content (AvgIpc) is 3.09. The molecule has 0 aliphatic carbocycles. The molecule has 0 fully saturated rings. The normalized spacial score (nSPS) is 11.0. The highest BCUT2D eigenvalue weighted by atomic mass is 35.5. The van der Waals surface area contributed by atoms with E-state index in [-0.39, 0.29) is 0 Å². The second-order valence-corrected chi connectivity index (χ2v) is 8.28. The van der Waals surface area contributed by atoms with Gasteiger partial charge in [-0.15, -0.1) is 11.3 Å². The van der Waals surface area contributed by atoms with Crippen molar-refractivity contribution in [2.24, 2.45) is 0 Å². The van der Waals surface area contributed by atoms with E-state index in [1.54, 1.807) is 31.4 Å². The lowest BCUT2D eigenvalue weighted by atomic mass is 10.1. The molecular formula is C18H12Cl4N2OS. The molecule has 0 bridgehead atoms. The van der Waals surface area contributed by atoms with Crippen LogP contribution < -0.4 is 4.90 Å². The van der Waals surface area contributed by atoms with Crippen LogP contribution in [0.1, 0.15) is 0 Å². The fourth-order valence-corrected chi connectivity index (χ4v) is 4.49. The molecule has 1 aromatic heterocycles. The van der Waals surface area contributed by atoms with Crippen molar-refractivity contribution in [2.45, 2.75) is 4.84 Å². The van der Waals surface area contributed by atoms with Crippen LogP contribution in [0.3, 0.4) is 0 Å². The molecule has 8 heteroatoms. The zero-order valence-electron chi connectivity index (χ0n) is 13.4. The lowest BCUT2D eigenvalue weighted by Crippen LogP contribution is -2.31. The quantitative estimate of drug-likeness (QED) is 0.426.